The molecule has 0 radical (unpaired) electrons. The second-order valence-corrected chi connectivity index (χ2v) is 10.1. The van der Waals surface area contributed by atoms with Gasteiger partial charge < -0.3 is 10.1 Å². The number of aromatic amines is 1. The summed E-state index contributed by atoms with van der Waals surface area (Å²) in [5.74, 6) is 1.36. The molecule has 1 heterocycles. The van der Waals surface area contributed by atoms with E-state index < -0.39 is 0 Å². The summed E-state index contributed by atoms with van der Waals surface area (Å²) in [6.07, 6.45) is 6.79. The largest absolute Gasteiger partial charge is 0.507 e. The van der Waals surface area contributed by atoms with Crippen LogP contribution in [0.3, 0.4) is 0 Å². The molecule has 0 atom stereocenters. The highest BCUT2D eigenvalue weighted by Gasteiger charge is 2.27. The summed E-state index contributed by atoms with van der Waals surface area (Å²) in [5, 5.41) is 11.0. The van der Waals surface area contributed by atoms with Gasteiger partial charge in [0.15, 0.2) is 0 Å². The molecule has 0 unspecified atom stereocenters. The van der Waals surface area contributed by atoms with Crippen molar-refractivity contribution in [2.45, 2.75) is 105 Å². The number of H-pyrrole nitrogens is 1. The van der Waals surface area contributed by atoms with Crippen LogP contribution in [-0.4, -0.2) is 15.1 Å². The number of aryl methyl sites for hydroxylation is 2. The highest BCUT2D eigenvalue weighted by Crippen LogP contribution is 2.41. The molecule has 2 rings (SSSR count). The lowest BCUT2D eigenvalue weighted by Gasteiger charge is -2.28. The van der Waals surface area contributed by atoms with Crippen molar-refractivity contribution < 1.29 is 5.11 Å². The minimum absolute atomic E-state index is 0.136. The van der Waals surface area contributed by atoms with Crippen molar-refractivity contribution in [2.75, 3.05) is 0 Å². The van der Waals surface area contributed by atoms with Gasteiger partial charge >= 0.3 is 0 Å². The number of phenols is 1. The maximum atomic E-state index is 11.0. The summed E-state index contributed by atoms with van der Waals surface area (Å²) in [6, 6.07) is 4.24. The Balaban J connectivity index is 2.61. The van der Waals surface area contributed by atoms with E-state index >= 15 is 0 Å². The summed E-state index contributed by atoms with van der Waals surface area (Å²) in [5.41, 5.74) is 5.27. The first-order chi connectivity index (χ1) is 13.0. The van der Waals surface area contributed by atoms with Gasteiger partial charge in [-0.25, -0.2) is 4.98 Å². The van der Waals surface area contributed by atoms with E-state index in [0.717, 1.165) is 35.4 Å². The number of nitrogens with one attached hydrogen (secondary N) is 1. The van der Waals surface area contributed by atoms with E-state index in [1.54, 1.807) is 0 Å². The number of benzene rings is 1. The fraction of sp³-hybridized carbons (Fsp3) is 0.640. The zero-order valence-electron chi connectivity index (χ0n) is 19.3. The Labute approximate surface area is 172 Å². The van der Waals surface area contributed by atoms with E-state index in [-0.39, 0.29) is 10.8 Å². The van der Waals surface area contributed by atoms with Crippen molar-refractivity contribution in [1.82, 2.24) is 9.97 Å². The highest BCUT2D eigenvalue weighted by atomic mass is 16.3. The Morgan fingerprint density at radius 1 is 0.857 bits per heavy atom. The molecule has 0 bridgehead atoms. The number of unbranched alkanes of at least 4 members (excludes halogenated alkanes) is 2. The van der Waals surface area contributed by atoms with Crippen LogP contribution in [0.15, 0.2) is 12.1 Å². The molecule has 0 saturated heterocycles. The lowest BCUT2D eigenvalue weighted by Crippen LogP contribution is -2.17. The van der Waals surface area contributed by atoms with Gasteiger partial charge in [0.05, 0.1) is 5.69 Å². The molecule has 0 aliphatic rings. The van der Waals surface area contributed by atoms with E-state index in [0.29, 0.717) is 5.75 Å². The van der Waals surface area contributed by atoms with Crippen LogP contribution in [0.25, 0.3) is 11.4 Å². The van der Waals surface area contributed by atoms with Crippen LogP contribution in [0.2, 0.25) is 0 Å². The number of nitrogens with zero attached hydrogens (tertiary/aromatic N) is 1. The summed E-state index contributed by atoms with van der Waals surface area (Å²) in [6.45, 7) is 17.4. The Morgan fingerprint density at radius 2 is 1.36 bits per heavy atom. The number of phenolic OH excluding ortho intramolecular Hbond substituents is 1. The first-order valence-corrected chi connectivity index (χ1v) is 10.9. The van der Waals surface area contributed by atoms with Crippen molar-refractivity contribution in [1.29, 1.82) is 0 Å². The quantitative estimate of drug-likeness (QED) is 0.536. The molecule has 3 nitrogen and oxygen atoms in total. The zero-order chi connectivity index (χ0) is 21.1. The van der Waals surface area contributed by atoms with Crippen LogP contribution in [-0.2, 0) is 23.7 Å². The Bertz CT molecular complexity index is 727. The standard InChI is InChI=1S/C25H40N2O/c1-9-11-13-20-21(14-12-10-2)27-23(26-20)17-15-18(24(3,4)5)22(28)19(16-17)25(6,7)8/h15-16,28H,9-14H2,1-8H3,(H,26,27). The van der Waals surface area contributed by atoms with Gasteiger partial charge in [-0.15, -0.1) is 0 Å². The van der Waals surface area contributed by atoms with Crippen LogP contribution in [0.5, 0.6) is 5.75 Å². The molecule has 0 aliphatic carbocycles. The smallest absolute Gasteiger partial charge is 0.137 e. The predicted octanol–water partition coefficient (Wildman–Crippen LogP) is 7.06. The molecule has 156 valence electrons. The Morgan fingerprint density at radius 3 is 1.82 bits per heavy atom. The maximum absolute atomic E-state index is 11.0. The third-order valence-electron chi connectivity index (χ3n) is 5.41. The summed E-state index contributed by atoms with van der Waals surface area (Å²) >= 11 is 0. The predicted molar refractivity (Wildman–Crippen MR) is 120 cm³/mol. The monoisotopic (exact) mass is 384 g/mol. The molecule has 0 fully saturated rings. The number of aromatic nitrogens is 2. The van der Waals surface area contributed by atoms with Crippen molar-refractivity contribution in [3.05, 3.63) is 34.6 Å². The van der Waals surface area contributed by atoms with Gasteiger partial charge in [-0.1, -0.05) is 68.2 Å². The van der Waals surface area contributed by atoms with E-state index in [1.807, 2.05) is 0 Å². The molecule has 1 aromatic heterocycles. The van der Waals surface area contributed by atoms with E-state index in [4.69, 9.17) is 4.98 Å². The van der Waals surface area contributed by atoms with Crippen molar-refractivity contribution in [3.8, 4) is 17.1 Å². The second kappa shape index (κ2) is 8.71. The zero-order valence-corrected chi connectivity index (χ0v) is 19.3. The van der Waals surface area contributed by atoms with Crippen LogP contribution in [0, 0.1) is 0 Å². The summed E-state index contributed by atoms with van der Waals surface area (Å²) in [4.78, 5) is 8.64. The minimum Gasteiger partial charge on any atom is -0.507 e. The lowest BCUT2D eigenvalue weighted by atomic mass is 9.78. The van der Waals surface area contributed by atoms with Crippen LogP contribution in [0.4, 0.5) is 0 Å². The summed E-state index contributed by atoms with van der Waals surface area (Å²) in [7, 11) is 0. The van der Waals surface area contributed by atoms with Crippen molar-refractivity contribution in [2.24, 2.45) is 0 Å². The molecule has 2 N–H and O–H groups in total. The van der Waals surface area contributed by atoms with E-state index in [1.165, 1.54) is 37.1 Å². The van der Waals surface area contributed by atoms with Gasteiger partial charge in [-0.05, 0) is 48.6 Å². The topological polar surface area (TPSA) is 48.9 Å². The minimum atomic E-state index is -0.136. The first kappa shape index (κ1) is 22.5. The van der Waals surface area contributed by atoms with Gasteiger partial charge in [0.1, 0.15) is 11.6 Å². The Kier molecular flexibility index (Phi) is 7.01. The van der Waals surface area contributed by atoms with Crippen molar-refractivity contribution in [3.63, 3.8) is 0 Å². The van der Waals surface area contributed by atoms with Gasteiger partial charge in [0.25, 0.3) is 0 Å². The fourth-order valence-corrected chi connectivity index (χ4v) is 3.61. The summed E-state index contributed by atoms with van der Waals surface area (Å²) < 4.78 is 0. The van der Waals surface area contributed by atoms with Crippen LogP contribution >= 0.6 is 0 Å². The number of aromatic hydroxyl groups is 1. The third kappa shape index (κ3) is 5.18. The maximum Gasteiger partial charge on any atom is 0.137 e. The molecular formula is C25H40N2O. The van der Waals surface area contributed by atoms with E-state index in [9.17, 15) is 5.11 Å². The Hall–Kier alpha value is -1.77. The SMILES string of the molecule is CCCCc1nc(-c2cc(C(C)(C)C)c(O)c(C(C)(C)C)c2)[nH]c1CCCC. The lowest BCUT2D eigenvalue weighted by molar-refractivity contribution is 0.423. The normalized spacial score (nSPS) is 12.6. The molecule has 1 aromatic carbocycles. The van der Waals surface area contributed by atoms with Crippen LogP contribution in [0.1, 0.15) is 104 Å². The van der Waals surface area contributed by atoms with Gasteiger partial charge in [0.2, 0.25) is 0 Å². The molecule has 0 amide bonds. The van der Waals surface area contributed by atoms with E-state index in [2.05, 4.69) is 72.5 Å². The molecule has 0 spiro atoms. The number of hydrogen-bond donors (Lipinski definition) is 2. The van der Waals surface area contributed by atoms with Crippen molar-refractivity contribution >= 4 is 0 Å². The highest BCUT2D eigenvalue weighted by molar-refractivity contribution is 5.64. The average molecular weight is 385 g/mol. The third-order valence-corrected chi connectivity index (χ3v) is 5.41. The molecule has 0 saturated carbocycles. The van der Waals surface area contributed by atoms with Crippen LogP contribution < -0.4 is 0 Å². The first-order valence-electron chi connectivity index (χ1n) is 10.9. The number of imidazole rings is 1. The van der Waals surface area contributed by atoms with Gasteiger partial charge in [-0.3, -0.25) is 0 Å². The van der Waals surface area contributed by atoms with Gasteiger partial charge in [0, 0.05) is 22.4 Å². The molecule has 2 aromatic rings. The molecular weight excluding hydrogens is 344 g/mol. The fourth-order valence-electron chi connectivity index (χ4n) is 3.61. The average Bonchev–Trinajstić information content (AvgIpc) is 2.99. The van der Waals surface area contributed by atoms with Gasteiger partial charge in [-0.2, -0.15) is 0 Å². The molecule has 28 heavy (non-hydrogen) atoms. The molecule has 0 aliphatic heterocycles. The number of hydrogen-bond acceptors (Lipinski definition) is 2. The molecule has 3 heteroatoms. The number of rotatable bonds is 7. The second-order valence-electron chi connectivity index (χ2n) is 10.1.